The third kappa shape index (κ3) is 9.46. The molecule has 1 unspecified atom stereocenters. The number of nitrogens with one attached hydrogen (secondary N) is 1. The molecule has 0 saturated carbocycles. The van der Waals surface area contributed by atoms with E-state index in [4.69, 9.17) is 18.9 Å². The minimum Gasteiger partial charge on any atom is -0.497 e. The number of carbonyl (C=O) groups is 1. The number of hydrogen-bond acceptors (Lipinski definition) is 10. The summed E-state index contributed by atoms with van der Waals surface area (Å²) in [5.41, 5.74) is 0.276. The Morgan fingerprint density at radius 2 is 1.87 bits per heavy atom. The van der Waals surface area contributed by atoms with Gasteiger partial charge in [0.25, 0.3) is 0 Å². The van der Waals surface area contributed by atoms with E-state index in [1.54, 1.807) is 19.1 Å². The number of aliphatic hydroxyl groups is 1. The molecule has 2 N–H and O–H groups in total. The van der Waals surface area contributed by atoms with Crippen molar-refractivity contribution in [3.63, 3.8) is 0 Å². The number of nitroso groups, excluding NO2 is 1. The van der Waals surface area contributed by atoms with Gasteiger partial charge in [-0.25, -0.2) is 13.2 Å². The Morgan fingerprint density at radius 1 is 1.16 bits per heavy atom. The average Bonchev–Trinajstić information content (AvgIpc) is 3.65. The van der Waals surface area contributed by atoms with Gasteiger partial charge in [-0.2, -0.15) is 9.21 Å². The summed E-state index contributed by atoms with van der Waals surface area (Å²) < 4.78 is 51.4. The van der Waals surface area contributed by atoms with Gasteiger partial charge >= 0.3 is 6.09 Å². The van der Waals surface area contributed by atoms with Crippen LogP contribution in [0.15, 0.2) is 64.7 Å². The number of aliphatic hydroxyl groups excluding tert-OH is 1. The van der Waals surface area contributed by atoms with Gasteiger partial charge in [-0.3, -0.25) is 0 Å². The molecule has 2 heterocycles. The highest BCUT2D eigenvalue weighted by atomic mass is 32.2. The van der Waals surface area contributed by atoms with Crippen molar-refractivity contribution >= 4 is 16.1 Å². The molecule has 2 saturated heterocycles. The van der Waals surface area contributed by atoms with Crippen LogP contribution in [0.4, 0.5) is 4.79 Å². The average molecular weight is 648 g/mol. The number of sulfonamides is 1. The second-order valence-electron chi connectivity index (χ2n) is 12.6. The van der Waals surface area contributed by atoms with E-state index < -0.39 is 45.8 Å². The second kappa shape index (κ2) is 15.5. The van der Waals surface area contributed by atoms with Crippen LogP contribution >= 0.6 is 0 Å². The molecule has 2 aliphatic heterocycles. The predicted molar refractivity (Wildman–Crippen MR) is 167 cm³/mol. The molecule has 248 valence electrons. The summed E-state index contributed by atoms with van der Waals surface area (Å²) in [5.74, 6) is 0.447. The monoisotopic (exact) mass is 647 g/mol. The highest BCUT2D eigenvalue weighted by Crippen LogP contribution is 2.33. The Bertz CT molecular complexity index is 1360. The number of alkyl carbamates (subject to hydrolysis) is 1. The third-order valence-electron chi connectivity index (χ3n) is 8.42. The molecule has 0 aliphatic carbocycles. The van der Waals surface area contributed by atoms with Crippen LogP contribution in [-0.2, 0) is 30.7 Å². The van der Waals surface area contributed by atoms with Gasteiger partial charge < -0.3 is 29.4 Å². The van der Waals surface area contributed by atoms with Gasteiger partial charge in [0.15, 0.2) is 6.29 Å². The molecule has 6 atom stereocenters. The summed E-state index contributed by atoms with van der Waals surface area (Å²) in [5, 5.41) is 17.5. The van der Waals surface area contributed by atoms with Crippen LogP contribution in [0.5, 0.6) is 5.75 Å². The Morgan fingerprint density at radius 3 is 2.53 bits per heavy atom. The Balaban J connectivity index is 1.57. The highest BCUT2D eigenvalue weighted by molar-refractivity contribution is 7.89. The molecule has 2 aromatic rings. The summed E-state index contributed by atoms with van der Waals surface area (Å²) in [6, 6.07) is 14.1. The van der Waals surface area contributed by atoms with Gasteiger partial charge in [-0.1, -0.05) is 49.4 Å². The van der Waals surface area contributed by atoms with Crippen LogP contribution < -0.4 is 10.1 Å². The Kier molecular flexibility index (Phi) is 11.9. The van der Waals surface area contributed by atoms with Crippen molar-refractivity contribution in [3.8, 4) is 5.75 Å². The van der Waals surface area contributed by atoms with Crippen LogP contribution in [0.2, 0.25) is 0 Å². The first-order valence-corrected chi connectivity index (χ1v) is 16.7. The molecule has 0 aromatic heterocycles. The summed E-state index contributed by atoms with van der Waals surface area (Å²) in [4.78, 5) is 24.2. The van der Waals surface area contributed by atoms with Crippen LogP contribution in [0.25, 0.3) is 0 Å². The van der Waals surface area contributed by atoms with E-state index in [0.717, 1.165) is 5.56 Å². The van der Waals surface area contributed by atoms with Crippen LogP contribution in [-0.4, -0.2) is 87.9 Å². The molecule has 45 heavy (non-hydrogen) atoms. The summed E-state index contributed by atoms with van der Waals surface area (Å²) >= 11 is 0. The number of methoxy groups -OCH3 is 1. The maximum absolute atomic E-state index is 14.0. The fourth-order valence-electron chi connectivity index (χ4n) is 5.71. The minimum absolute atomic E-state index is 0.0378. The Hall–Kier alpha value is -3.10. The minimum atomic E-state index is -4.10. The van der Waals surface area contributed by atoms with Crippen LogP contribution in [0.3, 0.4) is 0 Å². The number of benzene rings is 2. The van der Waals surface area contributed by atoms with Gasteiger partial charge in [0.2, 0.25) is 10.0 Å². The topological polar surface area (TPSA) is 153 Å². The van der Waals surface area contributed by atoms with Crippen molar-refractivity contribution in [1.29, 1.82) is 0 Å². The standard InChI is InChI=1S/C32H45N3O9S/c1-22(34-38)14-16-32(2,3)21-35(45(39,40)25-12-10-24(41-4)11-13-25)19-28(36)27(18-23-8-6-5-7-9-23)33-31(37)44-29-20-43-30-26(29)15-17-42-30/h5-13,22,26-30,36H,14-21H2,1-4H3,(H,33,37)/t22?,26-,27-,28+,29-,30+/m0/s1. The van der Waals surface area contributed by atoms with E-state index in [0.29, 0.717) is 31.6 Å². The SMILES string of the molecule is COc1ccc(S(=O)(=O)N(C[C@@H](O)[C@H](Cc2ccccc2)NC(=O)O[C@H]2CO[C@H]3OCC[C@H]32)CC(C)(C)CCC(C)N=O)cc1. The van der Waals surface area contributed by atoms with Gasteiger partial charge in [-0.05, 0) is 67.9 Å². The molecular weight excluding hydrogens is 602 g/mol. The number of amides is 1. The highest BCUT2D eigenvalue weighted by Gasteiger charge is 2.44. The molecule has 0 radical (unpaired) electrons. The van der Waals surface area contributed by atoms with E-state index >= 15 is 0 Å². The van der Waals surface area contributed by atoms with E-state index in [2.05, 4.69) is 10.5 Å². The van der Waals surface area contributed by atoms with Gasteiger partial charge in [0.05, 0.1) is 49.3 Å². The molecule has 1 amide bonds. The zero-order chi connectivity index (χ0) is 32.6. The normalized spacial score (nSPS) is 22.0. The lowest BCUT2D eigenvalue weighted by Gasteiger charge is -2.35. The molecule has 2 fully saturated rings. The van der Waals surface area contributed by atoms with Crippen molar-refractivity contribution in [2.24, 2.45) is 16.5 Å². The lowest BCUT2D eigenvalue weighted by molar-refractivity contribution is -0.0907. The second-order valence-corrected chi connectivity index (χ2v) is 14.5. The molecule has 0 spiro atoms. The molecule has 13 heteroatoms. The van der Waals surface area contributed by atoms with Crippen LogP contribution in [0.1, 0.15) is 45.6 Å². The van der Waals surface area contributed by atoms with Crippen molar-refractivity contribution in [3.05, 3.63) is 65.1 Å². The maximum Gasteiger partial charge on any atom is 0.407 e. The van der Waals surface area contributed by atoms with E-state index in [-0.39, 0.29) is 43.2 Å². The van der Waals surface area contributed by atoms with Gasteiger partial charge in [0.1, 0.15) is 11.9 Å². The maximum atomic E-state index is 14.0. The lowest BCUT2D eigenvalue weighted by Crippen LogP contribution is -2.52. The number of ether oxygens (including phenoxy) is 4. The van der Waals surface area contributed by atoms with Crippen molar-refractivity contribution in [1.82, 2.24) is 9.62 Å². The van der Waals surface area contributed by atoms with Crippen molar-refractivity contribution in [2.75, 3.05) is 33.4 Å². The fourth-order valence-corrected chi connectivity index (χ4v) is 7.36. The van der Waals surface area contributed by atoms with Gasteiger partial charge in [-0.15, -0.1) is 0 Å². The number of rotatable bonds is 16. The molecule has 2 aromatic carbocycles. The third-order valence-corrected chi connectivity index (χ3v) is 10.2. The smallest absolute Gasteiger partial charge is 0.407 e. The zero-order valence-corrected chi connectivity index (χ0v) is 27.1. The summed E-state index contributed by atoms with van der Waals surface area (Å²) in [6.45, 7) is 6.04. The molecule has 12 nitrogen and oxygen atoms in total. The Labute approximate surface area is 265 Å². The summed E-state index contributed by atoms with van der Waals surface area (Å²) in [7, 11) is -2.61. The first kappa shape index (κ1) is 34.8. The molecule has 4 rings (SSSR count). The first-order chi connectivity index (χ1) is 21.4. The van der Waals surface area contributed by atoms with Crippen molar-refractivity contribution < 1.29 is 37.3 Å². The lowest BCUT2D eigenvalue weighted by atomic mass is 9.86. The van der Waals surface area contributed by atoms with E-state index in [1.807, 2.05) is 44.2 Å². The van der Waals surface area contributed by atoms with E-state index in [1.165, 1.54) is 23.5 Å². The number of fused-ring (bicyclic) bond motifs is 1. The van der Waals surface area contributed by atoms with Gasteiger partial charge in [0, 0.05) is 13.1 Å². The van der Waals surface area contributed by atoms with E-state index in [9.17, 15) is 23.2 Å². The first-order valence-electron chi connectivity index (χ1n) is 15.3. The largest absolute Gasteiger partial charge is 0.497 e. The molecular formula is C32H45N3O9S. The molecule has 0 bridgehead atoms. The van der Waals surface area contributed by atoms with Crippen LogP contribution in [0, 0.1) is 16.2 Å². The number of nitrogens with zero attached hydrogens (tertiary/aromatic N) is 2. The predicted octanol–water partition coefficient (Wildman–Crippen LogP) is 4.11. The zero-order valence-electron chi connectivity index (χ0n) is 26.3. The number of hydrogen-bond donors (Lipinski definition) is 2. The number of carbonyl (C=O) groups excluding carboxylic acids is 1. The summed E-state index contributed by atoms with van der Waals surface area (Å²) in [6.07, 6.45) is -0.947. The van der Waals surface area contributed by atoms with Crippen molar-refractivity contribution in [2.45, 2.75) is 81.9 Å². The fraction of sp³-hybridized carbons (Fsp3) is 0.594. The molecule has 2 aliphatic rings. The quantitative estimate of drug-likeness (QED) is 0.256.